The Morgan fingerprint density at radius 1 is 1.45 bits per heavy atom. The number of benzene rings is 1. The van der Waals surface area contributed by atoms with Gasteiger partial charge in [0.2, 0.25) is 5.91 Å². The van der Waals surface area contributed by atoms with Crippen LogP contribution in [0.25, 0.3) is 0 Å². The summed E-state index contributed by atoms with van der Waals surface area (Å²) in [6, 6.07) is 6.80. The largest absolute Gasteiger partial charge is 0.368 e. The molecule has 110 valence electrons. The highest BCUT2D eigenvalue weighted by atomic mass is 32.2. The van der Waals surface area contributed by atoms with E-state index in [0.717, 1.165) is 5.56 Å². The molecule has 2 unspecified atom stereocenters. The Hall–Kier alpha value is -1.40. The first-order valence-electron chi connectivity index (χ1n) is 6.48. The van der Waals surface area contributed by atoms with Crippen LogP contribution >= 0.6 is 0 Å². The standard InChI is InChI=1S/C14H19NO4S/c1-10-4-3-5-11(8-10)20(17,18)14(2)6-7-19-12(9-14)13(15)16/h3-5,8,12H,6-7,9H2,1-2H3,(H2,15,16). The topological polar surface area (TPSA) is 86.5 Å². The van der Waals surface area contributed by atoms with Crippen LogP contribution in [0, 0.1) is 6.92 Å². The first-order valence-corrected chi connectivity index (χ1v) is 7.97. The Balaban J connectivity index is 2.39. The predicted molar refractivity (Wildman–Crippen MR) is 74.9 cm³/mol. The Morgan fingerprint density at radius 2 is 2.15 bits per heavy atom. The highest BCUT2D eigenvalue weighted by Crippen LogP contribution is 2.36. The van der Waals surface area contributed by atoms with Crippen molar-refractivity contribution in [1.29, 1.82) is 0 Å². The van der Waals surface area contributed by atoms with Gasteiger partial charge in [0.25, 0.3) is 0 Å². The molecular weight excluding hydrogens is 278 g/mol. The summed E-state index contributed by atoms with van der Waals surface area (Å²) >= 11 is 0. The fourth-order valence-electron chi connectivity index (χ4n) is 2.46. The number of carbonyl (C=O) groups is 1. The van der Waals surface area contributed by atoms with Gasteiger partial charge in [0, 0.05) is 13.0 Å². The lowest BCUT2D eigenvalue weighted by Gasteiger charge is -2.36. The monoisotopic (exact) mass is 297 g/mol. The average Bonchev–Trinajstić information content (AvgIpc) is 2.38. The Kier molecular flexibility index (Phi) is 3.88. The Labute approximate surface area is 119 Å². The molecule has 1 saturated heterocycles. The summed E-state index contributed by atoms with van der Waals surface area (Å²) in [6.45, 7) is 3.72. The molecule has 2 N–H and O–H groups in total. The van der Waals surface area contributed by atoms with E-state index in [-0.39, 0.29) is 17.9 Å². The van der Waals surface area contributed by atoms with Gasteiger partial charge in [0.15, 0.2) is 9.84 Å². The van der Waals surface area contributed by atoms with Gasteiger partial charge in [-0.05, 0) is 38.0 Å². The average molecular weight is 297 g/mol. The second-order valence-electron chi connectivity index (χ2n) is 5.49. The number of carbonyl (C=O) groups excluding carboxylic acids is 1. The number of rotatable bonds is 3. The number of nitrogens with two attached hydrogens (primary N) is 1. The van der Waals surface area contributed by atoms with Gasteiger partial charge in [-0.1, -0.05) is 12.1 Å². The van der Waals surface area contributed by atoms with Crippen molar-refractivity contribution < 1.29 is 17.9 Å². The lowest BCUT2D eigenvalue weighted by atomic mass is 9.96. The fourth-order valence-corrected chi connectivity index (χ4v) is 4.35. The van der Waals surface area contributed by atoms with Gasteiger partial charge >= 0.3 is 0 Å². The van der Waals surface area contributed by atoms with Crippen LogP contribution in [-0.4, -0.2) is 31.8 Å². The van der Waals surface area contributed by atoms with Gasteiger partial charge < -0.3 is 10.5 Å². The van der Waals surface area contributed by atoms with E-state index in [1.54, 1.807) is 25.1 Å². The molecule has 1 fully saturated rings. The van der Waals surface area contributed by atoms with Crippen molar-refractivity contribution in [2.45, 2.75) is 42.4 Å². The normalized spacial score (nSPS) is 27.2. The van der Waals surface area contributed by atoms with Crippen LogP contribution in [0.2, 0.25) is 0 Å². The third-order valence-electron chi connectivity index (χ3n) is 3.83. The first-order chi connectivity index (χ1) is 9.26. The molecule has 0 bridgehead atoms. The van der Waals surface area contributed by atoms with Gasteiger partial charge in [-0.2, -0.15) is 0 Å². The second-order valence-corrected chi connectivity index (χ2v) is 7.95. The van der Waals surface area contributed by atoms with Crippen molar-refractivity contribution in [2.75, 3.05) is 6.61 Å². The lowest BCUT2D eigenvalue weighted by molar-refractivity contribution is -0.133. The zero-order valence-corrected chi connectivity index (χ0v) is 12.4. The molecule has 2 rings (SSSR count). The number of amides is 1. The molecule has 0 radical (unpaired) electrons. The van der Waals surface area contributed by atoms with E-state index in [4.69, 9.17) is 10.5 Å². The number of hydrogen-bond donors (Lipinski definition) is 1. The van der Waals surface area contributed by atoms with Crippen LogP contribution in [0.1, 0.15) is 25.3 Å². The second kappa shape index (κ2) is 5.18. The number of hydrogen-bond acceptors (Lipinski definition) is 4. The van der Waals surface area contributed by atoms with Crippen LogP contribution < -0.4 is 5.73 Å². The molecule has 0 aliphatic carbocycles. The van der Waals surface area contributed by atoms with E-state index in [2.05, 4.69) is 0 Å². The van der Waals surface area contributed by atoms with Crippen molar-refractivity contribution in [1.82, 2.24) is 0 Å². The molecule has 1 aliphatic rings. The summed E-state index contributed by atoms with van der Waals surface area (Å²) in [6.07, 6.45) is -0.389. The van der Waals surface area contributed by atoms with Crippen molar-refractivity contribution >= 4 is 15.7 Å². The number of primary amides is 1. The van der Waals surface area contributed by atoms with Crippen LogP contribution in [0.3, 0.4) is 0 Å². The maximum absolute atomic E-state index is 12.8. The van der Waals surface area contributed by atoms with E-state index in [9.17, 15) is 13.2 Å². The number of ether oxygens (including phenoxy) is 1. The van der Waals surface area contributed by atoms with Crippen molar-refractivity contribution in [3.8, 4) is 0 Å². The zero-order valence-electron chi connectivity index (χ0n) is 11.6. The van der Waals surface area contributed by atoms with Crippen LogP contribution in [-0.2, 0) is 19.4 Å². The fraction of sp³-hybridized carbons (Fsp3) is 0.500. The number of aryl methyl sites for hydroxylation is 1. The Morgan fingerprint density at radius 3 is 2.75 bits per heavy atom. The van der Waals surface area contributed by atoms with Gasteiger partial charge in [0.1, 0.15) is 6.10 Å². The summed E-state index contributed by atoms with van der Waals surface area (Å²) in [5.74, 6) is -0.615. The predicted octanol–water partition coefficient (Wildman–Crippen LogP) is 1.19. The molecule has 1 aromatic carbocycles. The summed E-state index contributed by atoms with van der Waals surface area (Å²) in [5.41, 5.74) is 6.12. The maximum Gasteiger partial charge on any atom is 0.246 e. The van der Waals surface area contributed by atoms with Gasteiger partial charge in [-0.25, -0.2) is 8.42 Å². The van der Waals surface area contributed by atoms with Crippen LogP contribution in [0.5, 0.6) is 0 Å². The highest BCUT2D eigenvalue weighted by Gasteiger charge is 2.45. The third kappa shape index (κ3) is 2.58. The van der Waals surface area contributed by atoms with E-state index < -0.39 is 26.6 Å². The molecule has 5 nitrogen and oxygen atoms in total. The molecule has 20 heavy (non-hydrogen) atoms. The minimum absolute atomic E-state index is 0.0958. The molecule has 0 spiro atoms. The highest BCUT2D eigenvalue weighted by molar-refractivity contribution is 7.92. The van der Waals surface area contributed by atoms with Gasteiger partial charge in [-0.15, -0.1) is 0 Å². The summed E-state index contributed by atoms with van der Waals surface area (Å²) in [7, 11) is -3.54. The van der Waals surface area contributed by atoms with Crippen molar-refractivity contribution in [3.05, 3.63) is 29.8 Å². The van der Waals surface area contributed by atoms with E-state index >= 15 is 0 Å². The molecule has 1 heterocycles. The molecule has 2 atom stereocenters. The zero-order chi connectivity index (χ0) is 15.0. The molecule has 1 aromatic rings. The summed E-state index contributed by atoms with van der Waals surface area (Å²) in [5, 5.41) is 0. The summed E-state index contributed by atoms with van der Waals surface area (Å²) < 4.78 is 29.9. The molecule has 0 aromatic heterocycles. The van der Waals surface area contributed by atoms with E-state index in [1.807, 2.05) is 13.0 Å². The third-order valence-corrected chi connectivity index (χ3v) is 6.38. The van der Waals surface area contributed by atoms with E-state index in [0.29, 0.717) is 6.42 Å². The smallest absolute Gasteiger partial charge is 0.246 e. The molecule has 6 heteroatoms. The van der Waals surface area contributed by atoms with Gasteiger partial charge in [-0.3, -0.25) is 4.79 Å². The van der Waals surface area contributed by atoms with Crippen molar-refractivity contribution in [3.63, 3.8) is 0 Å². The maximum atomic E-state index is 12.8. The molecule has 1 aliphatic heterocycles. The van der Waals surface area contributed by atoms with Crippen LogP contribution in [0.15, 0.2) is 29.2 Å². The van der Waals surface area contributed by atoms with Crippen molar-refractivity contribution in [2.24, 2.45) is 5.73 Å². The van der Waals surface area contributed by atoms with Gasteiger partial charge in [0.05, 0.1) is 9.64 Å². The van der Waals surface area contributed by atoms with E-state index in [1.165, 1.54) is 0 Å². The number of sulfone groups is 1. The lowest BCUT2D eigenvalue weighted by Crippen LogP contribution is -2.48. The molecule has 1 amide bonds. The first kappa shape index (κ1) is 15.0. The quantitative estimate of drug-likeness (QED) is 0.908. The van der Waals surface area contributed by atoms with Crippen LogP contribution in [0.4, 0.5) is 0 Å². The minimum atomic E-state index is -3.54. The SMILES string of the molecule is Cc1cccc(S(=O)(=O)C2(C)CCOC(C(N)=O)C2)c1. The Bertz CT molecular complexity index is 626. The molecular formula is C14H19NO4S. The minimum Gasteiger partial charge on any atom is -0.368 e. The molecule has 0 saturated carbocycles. The summed E-state index contributed by atoms with van der Waals surface area (Å²) in [4.78, 5) is 11.5.